The van der Waals surface area contributed by atoms with Crippen LogP contribution in [0.2, 0.25) is 0 Å². The van der Waals surface area contributed by atoms with Gasteiger partial charge in [0.15, 0.2) is 0 Å². The van der Waals surface area contributed by atoms with E-state index in [4.69, 9.17) is 0 Å². The highest BCUT2D eigenvalue weighted by atomic mass is 79.9. The van der Waals surface area contributed by atoms with E-state index in [0.717, 1.165) is 13.2 Å². The van der Waals surface area contributed by atoms with Gasteiger partial charge in [-0.15, -0.1) is 0 Å². The lowest BCUT2D eigenvalue weighted by molar-refractivity contribution is -0.140. The molecule has 1 rings (SSSR count). The van der Waals surface area contributed by atoms with E-state index in [9.17, 15) is 22.4 Å². The first-order valence-corrected chi connectivity index (χ1v) is 5.17. The zero-order chi connectivity index (χ0) is 13.2. The van der Waals surface area contributed by atoms with Crippen LogP contribution in [0, 0.1) is 5.82 Å². The summed E-state index contributed by atoms with van der Waals surface area (Å²) in [6, 6.07) is 1.63. The number of halogens is 5. The Labute approximate surface area is 103 Å². The first-order chi connectivity index (χ1) is 7.77. The van der Waals surface area contributed by atoms with Crippen molar-refractivity contribution in [3.8, 4) is 0 Å². The van der Waals surface area contributed by atoms with Gasteiger partial charge >= 0.3 is 12.1 Å². The fraction of sp³-hybridized carbons (Fsp3) is 0.300. The summed E-state index contributed by atoms with van der Waals surface area (Å²) in [7, 11) is 1.14. The molecule has 0 aromatic heterocycles. The van der Waals surface area contributed by atoms with Crippen molar-refractivity contribution in [3.05, 3.63) is 33.5 Å². The van der Waals surface area contributed by atoms with Crippen LogP contribution in [0.3, 0.4) is 0 Å². The van der Waals surface area contributed by atoms with Gasteiger partial charge in [0.05, 0.1) is 23.6 Å². The van der Waals surface area contributed by atoms with Crippen LogP contribution in [0.4, 0.5) is 17.6 Å². The van der Waals surface area contributed by atoms with Gasteiger partial charge in [-0.25, -0.2) is 4.39 Å². The molecular weight excluding hydrogens is 308 g/mol. The topological polar surface area (TPSA) is 26.3 Å². The van der Waals surface area contributed by atoms with Crippen molar-refractivity contribution in [2.75, 3.05) is 7.11 Å². The van der Waals surface area contributed by atoms with Crippen molar-refractivity contribution in [1.29, 1.82) is 0 Å². The molecule has 0 unspecified atom stereocenters. The molecule has 0 heterocycles. The molecule has 2 nitrogen and oxygen atoms in total. The second kappa shape index (κ2) is 5.03. The number of alkyl halides is 3. The maximum absolute atomic E-state index is 13.4. The number of ether oxygens (including phenoxy) is 1. The maximum atomic E-state index is 13.4. The Morgan fingerprint density at radius 2 is 2.00 bits per heavy atom. The molecule has 0 radical (unpaired) electrons. The predicted molar refractivity (Wildman–Crippen MR) is 54.8 cm³/mol. The third kappa shape index (κ3) is 3.18. The first kappa shape index (κ1) is 14.0. The third-order valence-electron chi connectivity index (χ3n) is 2.03. The second-order valence-corrected chi connectivity index (χ2v) is 3.94. The van der Waals surface area contributed by atoms with E-state index in [1.165, 1.54) is 0 Å². The molecule has 0 atom stereocenters. The lowest BCUT2D eigenvalue weighted by Crippen LogP contribution is -2.11. The SMILES string of the molecule is COC(=O)Cc1ccc(C(F)(F)F)c(F)c1Br. The molecule has 1 aromatic carbocycles. The highest BCUT2D eigenvalue weighted by Gasteiger charge is 2.35. The van der Waals surface area contributed by atoms with Crippen LogP contribution < -0.4 is 0 Å². The van der Waals surface area contributed by atoms with Crippen molar-refractivity contribution in [3.63, 3.8) is 0 Å². The Bertz CT molecular complexity index is 443. The quantitative estimate of drug-likeness (QED) is 0.618. The largest absolute Gasteiger partial charge is 0.469 e. The van der Waals surface area contributed by atoms with Gasteiger partial charge in [-0.3, -0.25) is 4.79 Å². The minimum atomic E-state index is -4.77. The predicted octanol–water partition coefficient (Wildman–Crippen LogP) is 3.32. The molecule has 0 spiro atoms. The van der Waals surface area contributed by atoms with Gasteiger partial charge < -0.3 is 4.74 Å². The van der Waals surface area contributed by atoms with Crippen molar-refractivity contribution in [2.45, 2.75) is 12.6 Å². The number of benzene rings is 1. The van der Waals surface area contributed by atoms with Crippen LogP contribution >= 0.6 is 15.9 Å². The summed E-state index contributed by atoms with van der Waals surface area (Å²) in [5.74, 6) is -2.09. The number of carbonyl (C=O) groups excluding carboxylic acids is 1. The number of rotatable bonds is 2. The van der Waals surface area contributed by atoms with Gasteiger partial charge in [0, 0.05) is 0 Å². The number of methoxy groups -OCH3 is 1. The summed E-state index contributed by atoms with van der Waals surface area (Å²) in [5.41, 5.74) is -1.28. The Hall–Kier alpha value is -1.11. The normalized spacial score (nSPS) is 11.4. The number of hydrogen-bond donors (Lipinski definition) is 0. The van der Waals surface area contributed by atoms with Crippen LogP contribution in [0.5, 0.6) is 0 Å². The summed E-state index contributed by atoms with van der Waals surface area (Å²) in [6.45, 7) is 0. The lowest BCUT2D eigenvalue weighted by Gasteiger charge is -2.11. The first-order valence-electron chi connectivity index (χ1n) is 4.38. The average Bonchev–Trinajstić information content (AvgIpc) is 2.22. The molecule has 0 bridgehead atoms. The second-order valence-electron chi connectivity index (χ2n) is 3.15. The number of hydrogen-bond acceptors (Lipinski definition) is 2. The number of esters is 1. The molecule has 0 saturated heterocycles. The Balaban J connectivity index is 3.15. The molecule has 17 heavy (non-hydrogen) atoms. The van der Waals surface area contributed by atoms with Crippen LogP contribution in [0.15, 0.2) is 16.6 Å². The van der Waals surface area contributed by atoms with E-state index >= 15 is 0 Å². The van der Waals surface area contributed by atoms with Gasteiger partial charge in [-0.05, 0) is 27.6 Å². The molecule has 0 aliphatic carbocycles. The van der Waals surface area contributed by atoms with E-state index in [-0.39, 0.29) is 16.5 Å². The van der Waals surface area contributed by atoms with Crippen LogP contribution in [-0.2, 0) is 22.1 Å². The fourth-order valence-corrected chi connectivity index (χ4v) is 1.66. The van der Waals surface area contributed by atoms with Gasteiger partial charge in [0.25, 0.3) is 0 Å². The fourth-order valence-electron chi connectivity index (χ4n) is 1.17. The standard InChI is InChI=1S/C10H7BrF4O2/c1-17-7(16)4-5-2-3-6(10(13,14)15)9(12)8(5)11/h2-3H,4H2,1H3. The molecule has 1 aromatic rings. The summed E-state index contributed by atoms with van der Waals surface area (Å²) in [5, 5.41) is 0. The minimum absolute atomic E-state index is 0.0994. The van der Waals surface area contributed by atoms with E-state index in [0.29, 0.717) is 6.07 Å². The molecule has 0 saturated carbocycles. The van der Waals surface area contributed by atoms with Crippen molar-refractivity contribution >= 4 is 21.9 Å². The average molecular weight is 315 g/mol. The smallest absolute Gasteiger partial charge is 0.419 e. The molecule has 0 fully saturated rings. The maximum Gasteiger partial charge on any atom is 0.419 e. The van der Waals surface area contributed by atoms with Gasteiger partial charge in [-0.1, -0.05) is 6.07 Å². The van der Waals surface area contributed by atoms with Gasteiger partial charge in [0.1, 0.15) is 5.82 Å². The van der Waals surface area contributed by atoms with E-state index in [2.05, 4.69) is 20.7 Å². The van der Waals surface area contributed by atoms with Crippen LogP contribution in [0.1, 0.15) is 11.1 Å². The van der Waals surface area contributed by atoms with Crippen molar-refractivity contribution < 1.29 is 27.1 Å². The highest BCUT2D eigenvalue weighted by molar-refractivity contribution is 9.10. The monoisotopic (exact) mass is 314 g/mol. The summed E-state index contributed by atoms with van der Waals surface area (Å²) in [4.78, 5) is 10.9. The van der Waals surface area contributed by atoms with Crippen LogP contribution in [-0.4, -0.2) is 13.1 Å². The minimum Gasteiger partial charge on any atom is -0.469 e. The summed E-state index contributed by atoms with van der Waals surface area (Å²) >= 11 is 2.70. The van der Waals surface area contributed by atoms with Crippen molar-refractivity contribution in [1.82, 2.24) is 0 Å². The van der Waals surface area contributed by atoms with Crippen molar-refractivity contribution in [2.24, 2.45) is 0 Å². The van der Waals surface area contributed by atoms with Crippen LogP contribution in [0.25, 0.3) is 0 Å². The van der Waals surface area contributed by atoms with E-state index < -0.39 is 23.5 Å². The van der Waals surface area contributed by atoms with Gasteiger partial charge in [0.2, 0.25) is 0 Å². The Morgan fingerprint density at radius 1 is 1.41 bits per heavy atom. The molecular formula is C10H7BrF4O2. The summed E-state index contributed by atoms with van der Waals surface area (Å²) < 4.78 is 54.4. The molecule has 0 aliphatic heterocycles. The zero-order valence-corrected chi connectivity index (χ0v) is 10.2. The third-order valence-corrected chi connectivity index (χ3v) is 2.89. The molecule has 7 heteroatoms. The Morgan fingerprint density at radius 3 is 2.47 bits per heavy atom. The van der Waals surface area contributed by atoms with E-state index in [1.54, 1.807) is 0 Å². The van der Waals surface area contributed by atoms with E-state index in [1.807, 2.05) is 0 Å². The highest BCUT2D eigenvalue weighted by Crippen LogP contribution is 2.35. The Kier molecular flexibility index (Phi) is 4.13. The zero-order valence-electron chi connectivity index (χ0n) is 8.57. The molecule has 0 N–H and O–H groups in total. The molecule has 94 valence electrons. The summed E-state index contributed by atoms with van der Waals surface area (Å²) in [6.07, 6.45) is -5.07. The number of carbonyl (C=O) groups is 1. The molecule has 0 amide bonds. The molecule has 0 aliphatic rings. The van der Waals surface area contributed by atoms with Gasteiger partial charge in [-0.2, -0.15) is 13.2 Å². The lowest BCUT2D eigenvalue weighted by atomic mass is 10.1.